The fraction of sp³-hybridized carbons (Fsp3) is 0.533. The van der Waals surface area contributed by atoms with E-state index in [1.807, 2.05) is 12.1 Å². The normalized spacial score (nSPS) is 12.3. The van der Waals surface area contributed by atoms with E-state index < -0.39 is 5.97 Å². The van der Waals surface area contributed by atoms with Crippen LogP contribution in [-0.4, -0.2) is 11.1 Å². The second kappa shape index (κ2) is 7.75. The lowest BCUT2D eigenvalue weighted by Gasteiger charge is -2.14. The van der Waals surface area contributed by atoms with Crippen molar-refractivity contribution in [1.82, 2.24) is 0 Å². The van der Waals surface area contributed by atoms with E-state index in [1.165, 1.54) is 12.8 Å². The molecule has 0 saturated heterocycles. The van der Waals surface area contributed by atoms with E-state index in [1.54, 1.807) is 6.26 Å². The molecule has 0 aromatic carbocycles. The summed E-state index contributed by atoms with van der Waals surface area (Å²) in [5.41, 5.74) is 0.280. The van der Waals surface area contributed by atoms with Crippen LogP contribution in [0.15, 0.2) is 35.0 Å². The highest BCUT2D eigenvalue weighted by atomic mass is 16.4. The van der Waals surface area contributed by atoms with E-state index in [0.29, 0.717) is 12.3 Å². The van der Waals surface area contributed by atoms with Gasteiger partial charge in [0.2, 0.25) is 0 Å². The zero-order valence-corrected chi connectivity index (χ0v) is 11.0. The Bertz CT molecular complexity index is 365. The quantitative estimate of drug-likeness (QED) is 0.523. The maximum Gasteiger partial charge on any atom is 0.330 e. The summed E-state index contributed by atoms with van der Waals surface area (Å²) in [6, 6.07) is 3.86. The average Bonchev–Trinajstić information content (AvgIpc) is 2.86. The molecule has 0 aliphatic carbocycles. The Morgan fingerprint density at radius 2 is 2.22 bits per heavy atom. The topological polar surface area (TPSA) is 50.4 Å². The molecule has 1 aromatic heterocycles. The standard InChI is InChI=1S/C15H22O3/c1-3-4-5-7-13(14-8-6-11-18-14)10-9-12(2)15(16)17/h6,8,11,13H,2-5,7,9-10H2,1H3,(H,16,17). The summed E-state index contributed by atoms with van der Waals surface area (Å²) in [5.74, 6) is 0.369. The van der Waals surface area contributed by atoms with Crippen LogP contribution in [0.2, 0.25) is 0 Å². The van der Waals surface area contributed by atoms with Crippen LogP contribution in [0.4, 0.5) is 0 Å². The van der Waals surface area contributed by atoms with Crippen molar-refractivity contribution in [3.8, 4) is 0 Å². The van der Waals surface area contributed by atoms with Crippen molar-refractivity contribution >= 4 is 5.97 Å². The van der Waals surface area contributed by atoms with Gasteiger partial charge in [0, 0.05) is 11.5 Å². The summed E-state index contributed by atoms with van der Waals surface area (Å²) in [5, 5.41) is 8.82. The van der Waals surface area contributed by atoms with Crippen LogP contribution in [0, 0.1) is 0 Å². The minimum Gasteiger partial charge on any atom is -0.478 e. The van der Waals surface area contributed by atoms with Gasteiger partial charge in [-0.05, 0) is 31.4 Å². The van der Waals surface area contributed by atoms with Crippen LogP contribution < -0.4 is 0 Å². The third-order valence-electron chi connectivity index (χ3n) is 3.20. The van der Waals surface area contributed by atoms with Gasteiger partial charge in [0.15, 0.2) is 0 Å². The van der Waals surface area contributed by atoms with Crippen molar-refractivity contribution in [3.05, 3.63) is 36.3 Å². The molecule has 0 amide bonds. The van der Waals surface area contributed by atoms with E-state index in [-0.39, 0.29) is 5.57 Å². The molecule has 1 unspecified atom stereocenters. The molecule has 0 aliphatic heterocycles. The lowest BCUT2D eigenvalue weighted by molar-refractivity contribution is -0.132. The zero-order chi connectivity index (χ0) is 13.4. The Labute approximate surface area is 109 Å². The van der Waals surface area contributed by atoms with Crippen LogP contribution in [0.25, 0.3) is 0 Å². The van der Waals surface area contributed by atoms with Crippen LogP contribution in [0.1, 0.15) is 57.1 Å². The summed E-state index contributed by atoms with van der Waals surface area (Å²) in [7, 11) is 0. The third-order valence-corrected chi connectivity index (χ3v) is 3.20. The predicted octanol–water partition coefficient (Wildman–Crippen LogP) is 4.36. The fourth-order valence-corrected chi connectivity index (χ4v) is 2.05. The monoisotopic (exact) mass is 250 g/mol. The molecule has 0 aliphatic rings. The van der Waals surface area contributed by atoms with Gasteiger partial charge in [0.1, 0.15) is 5.76 Å². The molecule has 1 heterocycles. The summed E-state index contributed by atoms with van der Waals surface area (Å²) in [6.45, 7) is 5.75. The summed E-state index contributed by atoms with van der Waals surface area (Å²) >= 11 is 0. The molecule has 1 aromatic rings. The second-order valence-corrected chi connectivity index (χ2v) is 4.66. The number of unbranched alkanes of at least 4 members (excludes halogenated alkanes) is 2. The van der Waals surface area contributed by atoms with E-state index in [0.717, 1.165) is 25.0 Å². The summed E-state index contributed by atoms with van der Waals surface area (Å²) < 4.78 is 5.44. The molecule has 0 radical (unpaired) electrons. The van der Waals surface area contributed by atoms with Gasteiger partial charge < -0.3 is 9.52 Å². The molecule has 3 nitrogen and oxygen atoms in total. The molecule has 0 spiro atoms. The predicted molar refractivity (Wildman–Crippen MR) is 71.6 cm³/mol. The molecular formula is C15H22O3. The number of rotatable bonds is 9. The number of furan rings is 1. The third kappa shape index (κ3) is 4.78. The zero-order valence-electron chi connectivity index (χ0n) is 11.0. The minimum absolute atomic E-state index is 0.280. The second-order valence-electron chi connectivity index (χ2n) is 4.66. The molecular weight excluding hydrogens is 228 g/mol. The van der Waals surface area contributed by atoms with Crippen molar-refractivity contribution in [1.29, 1.82) is 0 Å². The SMILES string of the molecule is C=C(CCC(CCCCC)c1ccco1)C(=O)O. The van der Waals surface area contributed by atoms with Crippen molar-refractivity contribution < 1.29 is 14.3 Å². The highest BCUT2D eigenvalue weighted by Gasteiger charge is 2.15. The van der Waals surface area contributed by atoms with Gasteiger partial charge in [-0.3, -0.25) is 0 Å². The summed E-state index contributed by atoms with van der Waals surface area (Å²) in [4.78, 5) is 10.7. The van der Waals surface area contributed by atoms with Gasteiger partial charge in [-0.1, -0.05) is 32.8 Å². The average molecular weight is 250 g/mol. The lowest BCUT2D eigenvalue weighted by Crippen LogP contribution is -2.03. The van der Waals surface area contributed by atoms with Crippen molar-refractivity contribution in [3.63, 3.8) is 0 Å². The first-order valence-electron chi connectivity index (χ1n) is 6.59. The largest absolute Gasteiger partial charge is 0.478 e. The van der Waals surface area contributed by atoms with Crippen molar-refractivity contribution in [2.24, 2.45) is 0 Å². The lowest BCUT2D eigenvalue weighted by atomic mass is 9.92. The van der Waals surface area contributed by atoms with Crippen molar-refractivity contribution in [2.75, 3.05) is 0 Å². The first kappa shape index (κ1) is 14.6. The van der Waals surface area contributed by atoms with Gasteiger partial charge in [0.05, 0.1) is 6.26 Å². The highest BCUT2D eigenvalue weighted by Crippen LogP contribution is 2.28. The fourth-order valence-electron chi connectivity index (χ4n) is 2.05. The summed E-state index contributed by atoms with van der Waals surface area (Å²) in [6.07, 6.45) is 7.59. The molecule has 1 atom stereocenters. The molecule has 1 rings (SSSR count). The number of carbonyl (C=O) groups is 1. The van der Waals surface area contributed by atoms with Crippen LogP contribution in [-0.2, 0) is 4.79 Å². The molecule has 0 bridgehead atoms. The van der Waals surface area contributed by atoms with E-state index in [9.17, 15) is 4.79 Å². The number of hydrogen-bond donors (Lipinski definition) is 1. The smallest absolute Gasteiger partial charge is 0.330 e. The molecule has 18 heavy (non-hydrogen) atoms. The van der Waals surface area contributed by atoms with Crippen molar-refractivity contribution in [2.45, 2.75) is 51.4 Å². The maximum atomic E-state index is 10.7. The Kier molecular flexibility index (Phi) is 6.26. The first-order chi connectivity index (χ1) is 8.65. The van der Waals surface area contributed by atoms with Gasteiger partial charge in [-0.25, -0.2) is 4.79 Å². The number of hydrogen-bond acceptors (Lipinski definition) is 2. The Balaban J connectivity index is 2.50. The molecule has 0 fully saturated rings. The van der Waals surface area contributed by atoms with Gasteiger partial charge in [0.25, 0.3) is 0 Å². The van der Waals surface area contributed by atoms with Gasteiger partial charge in [-0.2, -0.15) is 0 Å². The molecule has 3 heteroatoms. The minimum atomic E-state index is -0.901. The highest BCUT2D eigenvalue weighted by molar-refractivity contribution is 5.85. The molecule has 1 N–H and O–H groups in total. The van der Waals surface area contributed by atoms with Gasteiger partial charge in [-0.15, -0.1) is 0 Å². The van der Waals surface area contributed by atoms with Crippen LogP contribution in [0.3, 0.4) is 0 Å². The maximum absolute atomic E-state index is 10.7. The first-order valence-corrected chi connectivity index (χ1v) is 6.59. The molecule has 0 saturated carbocycles. The molecule has 100 valence electrons. The van der Waals surface area contributed by atoms with E-state index in [2.05, 4.69) is 13.5 Å². The van der Waals surface area contributed by atoms with E-state index >= 15 is 0 Å². The Hall–Kier alpha value is -1.51. The Morgan fingerprint density at radius 3 is 2.78 bits per heavy atom. The number of aliphatic carboxylic acids is 1. The van der Waals surface area contributed by atoms with E-state index in [4.69, 9.17) is 9.52 Å². The van der Waals surface area contributed by atoms with Crippen LogP contribution in [0.5, 0.6) is 0 Å². The number of carboxylic acid groups (broad SMARTS) is 1. The van der Waals surface area contributed by atoms with Gasteiger partial charge >= 0.3 is 5.97 Å². The Morgan fingerprint density at radius 1 is 1.44 bits per heavy atom. The number of carboxylic acids is 1. The van der Waals surface area contributed by atoms with Crippen LogP contribution >= 0.6 is 0 Å².